The van der Waals surface area contributed by atoms with E-state index in [1.54, 1.807) is 0 Å². The zero-order chi connectivity index (χ0) is 23.2. The van der Waals surface area contributed by atoms with E-state index >= 15 is 0 Å². The van der Waals surface area contributed by atoms with Crippen molar-refractivity contribution in [3.8, 4) is 11.4 Å². The molecule has 9 heteroatoms. The van der Waals surface area contributed by atoms with Gasteiger partial charge in [-0.2, -0.15) is 9.61 Å². The molecule has 0 spiro atoms. The Bertz CT molecular complexity index is 1350. The Balaban J connectivity index is 1.43. The van der Waals surface area contributed by atoms with Crippen molar-refractivity contribution in [2.45, 2.75) is 57.3 Å². The van der Waals surface area contributed by atoms with Crippen LogP contribution in [-0.2, 0) is 0 Å². The van der Waals surface area contributed by atoms with Gasteiger partial charge in [0.1, 0.15) is 29.2 Å². The third kappa shape index (κ3) is 3.94. The summed E-state index contributed by atoms with van der Waals surface area (Å²) in [5.41, 5.74) is 4.58. The lowest BCUT2D eigenvalue weighted by molar-refractivity contribution is 0.126. The normalized spacial score (nSPS) is 23.1. The molecular formula is C25H28FN7O. The van der Waals surface area contributed by atoms with Crippen molar-refractivity contribution in [2.24, 2.45) is 0 Å². The minimum Gasteiger partial charge on any atom is -0.393 e. The number of fused-ring (bicyclic) bond motifs is 2. The summed E-state index contributed by atoms with van der Waals surface area (Å²) in [5, 5.41) is 18.4. The van der Waals surface area contributed by atoms with Gasteiger partial charge in [0.2, 0.25) is 0 Å². The maximum atomic E-state index is 13.9. The smallest absolute Gasteiger partial charge is 0.160 e. The summed E-state index contributed by atoms with van der Waals surface area (Å²) in [5.74, 6) is 1.57. The fourth-order valence-corrected chi connectivity index (χ4v) is 5.03. The number of nitrogens with zero attached hydrogens (tertiary/aromatic N) is 6. The van der Waals surface area contributed by atoms with Crippen LogP contribution in [0.15, 0.2) is 36.4 Å². The third-order valence-corrected chi connectivity index (χ3v) is 6.90. The number of aromatic nitrogens is 5. The molecule has 6 rings (SSSR count). The van der Waals surface area contributed by atoms with Gasteiger partial charge in [-0.25, -0.2) is 19.3 Å². The van der Waals surface area contributed by atoms with Crippen LogP contribution in [0.1, 0.15) is 37.8 Å². The summed E-state index contributed by atoms with van der Waals surface area (Å²) < 4.78 is 15.7. The van der Waals surface area contributed by atoms with Gasteiger partial charge in [-0.05, 0) is 51.2 Å². The number of para-hydroxylation sites is 2. The van der Waals surface area contributed by atoms with Crippen LogP contribution in [0, 0.1) is 6.92 Å². The van der Waals surface area contributed by atoms with Gasteiger partial charge in [0.25, 0.3) is 0 Å². The summed E-state index contributed by atoms with van der Waals surface area (Å²) in [6.45, 7) is 2.94. The molecule has 0 amide bonds. The molecule has 2 fully saturated rings. The van der Waals surface area contributed by atoms with Crippen LogP contribution in [0.4, 0.5) is 16.0 Å². The highest BCUT2D eigenvalue weighted by Gasteiger charge is 2.26. The number of hydrogen-bond donors (Lipinski definition) is 2. The van der Waals surface area contributed by atoms with Crippen molar-refractivity contribution in [1.29, 1.82) is 0 Å². The number of alkyl halides is 1. The number of aliphatic hydroxyl groups is 1. The fraction of sp³-hybridized carbons (Fsp3) is 0.440. The maximum absolute atomic E-state index is 13.9. The predicted octanol–water partition coefficient (Wildman–Crippen LogP) is 3.91. The monoisotopic (exact) mass is 461 g/mol. The Morgan fingerprint density at radius 2 is 1.76 bits per heavy atom. The van der Waals surface area contributed by atoms with E-state index in [0.29, 0.717) is 30.9 Å². The average Bonchev–Trinajstić information content (AvgIpc) is 3.46. The summed E-state index contributed by atoms with van der Waals surface area (Å²) in [6.07, 6.45) is 2.81. The zero-order valence-electron chi connectivity index (χ0n) is 19.2. The molecule has 1 aliphatic heterocycles. The SMILES string of the molecule is Cc1nc2ccccc2nc1-c1cc2nc(N3CC[C@@H](F)C3)cc(N[C@H]3CC[C@H](O)CC3)n2n1. The van der Waals surface area contributed by atoms with Gasteiger partial charge in [0.05, 0.1) is 29.4 Å². The van der Waals surface area contributed by atoms with Gasteiger partial charge in [-0.15, -0.1) is 0 Å². The first kappa shape index (κ1) is 21.2. The summed E-state index contributed by atoms with van der Waals surface area (Å²) in [7, 11) is 0. The number of aliphatic hydroxyl groups excluding tert-OH is 1. The molecule has 0 bridgehead atoms. The van der Waals surface area contributed by atoms with E-state index in [-0.39, 0.29) is 12.1 Å². The first-order valence-electron chi connectivity index (χ1n) is 12.0. The second kappa shape index (κ2) is 8.47. The molecule has 3 aromatic heterocycles. The Morgan fingerprint density at radius 3 is 2.50 bits per heavy atom. The Hall–Kier alpha value is -3.33. The van der Waals surface area contributed by atoms with Crippen LogP contribution in [0.5, 0.6) is 0 Å². The number of hydrogen-bond acceptors (Lipinski definition) is 7. The fourth-order valence-electron chi connectivity index (χ4n) is 5.03. The van der Waals surface area contributed by atoms with E-state index < -0.39 is 6.17 Å². The molecule has 176 valence electrons. The van der Waals surface area contributed by atoms with Crippen LogP contribution in [-0.4, -0.2) is 61.1 Å². The first-order chi connectivity index (χ1) is 16.5. The van der Waals surface area contributed by atoms with E-state index in [4.69, 9.17) is 20.1 Å². The molecule has 4 heterocycles. The number of rotatable bonds is 4. The molecule has 0 radical (unpaired) electrons. The Morgan fingerprint density at radius 1 is 1.00 bits per heavy atom. The lowest BCUT2D eigenvalue weighted by Crippen LogP contribution is -2.29. The van der Waals surface area contributed by atoms with Gasteiger partial charge in [0, 0.05) is 24.7 Å². The van der Waals surface area contributed by atoms with Crippen molar-refractivity contribution in [3.63, 3.8) is 0 Å². The Kier molecular flexibility index (Phi) is 5.28. The molecule has 1 saturated heterocycles. The molecule has 8 nitrogen and oxygen atoms in total. The lowest BCUT2D eigenvalue weighted by atomic mass is 9.93. The topological polar surface area (TPSA) is 91.5 Å². The molecule has 4 aromatic rings. The predicted molar refractivity (Wildman–Crippen MR) is 130 cm³/mol. The standard InChI is InChI=1S/C25H28FN7O/c1-15-25(29-20-5-3-2-4-19(20)27-15)21-12-23-30-22(32-11-10-16(26)14-32)13-24(33(23)31-21)28-17-6-8-18(34)9-7-17/h2-5,12-13,16-18,28,34H,6-11,14H2,1H3/t16-,17-,18-/m1/s1. The van der Waals surface area contributed by atoms with Gasteiger partial charge in [0.15, 0.2) is 5.65 Å². The lowest BCUT2D eigenvalue weighted by Gasteiger charge is -2.27. The van der Waals surface area contributed by atoms with Crippen molar-refractivity contribution >= 4 is 28.3 Å². The van der Waals surface area contributed by atoms with Crippen LogP contribution >= 0.6 is 0 Å². The maximum Gasteiger partial charge on any atom is 0.160 e. The second-order valence-corrected chi connectivity index (χ2v) is 9.43. The summed E-state index contributed by atoms with van der Waals surface area (Å²) >= 11 is 0. The van der Waals surface area contributed by atoms with Crippen LogP contribution in [0.25, 0.3) is 28.1 Å². The highest BCUT2D eigenvalue weighted by molar-refractivity contribution is 5.78. The number of anilines is 2. The van der Waals surface area contributed by atoms with Gasteiger partial charge in [-0.3, -0.25) is 0 Å². The number of benzene rings is 1. The molecule has 2 N–H and O–H groups in total. The highest BCUT2D eigenvalue weighted by atomic mass is 19.1. The van der Waals surface area contributed by atoms with Crippen molar-refractivity contribution in [1.82, 2.24) is 24.6 Å². The summed E-state index contributed by atoms with van der Waals surface area (Å²) in [6, 6.07) is 11.9. The largest absolute Gasteiger partial charge is 0.393 e. The average molecular weight is 462 g/mol. The number of halogens is 1. The van der Waals surface area contributed by atoms with Gasteiger partial charge >= 0.3 is 0 Å². The molecule has 0 unspecified atom stereocenters. The number of aryl methyl sites for hydroxylation is 1. The molecule has 1 aliphatic carbocycles. The summed E-state index contributed by atoms with van der Waals surface area (Å²) in [4.78, 5) is 16.4. The first-order valence-corrected chi connectivity index (χ1v) is 12.0. The number of nitrogens with one attached hydrogen (secondary N) is 1. The molecule has 1 aromatic carbocycles. The van der Waals surface area contributed by atoms with E-state index in [9.17, 15) is 9.50 Å². The molecule has 1 atom stereocenters. The van der Waals surface area contributed by atoms with Crippen molar-refractivity contribution in [3.05, 3.63) is 42.1 Å². The van der Waals surface area contributed by atoms with Crippen molar-refractivity contribution in [2.75, 3.05) is 23.3 Å². The highest BCUT2D eigenvalue weighted by Crippen LogP contribution is 2.30. The van der Waals surface area contributed by atoms with Gasteiger partial charge < -0.3 is 15.3 Å². The molecular weight excluding hydrogens is 433 g/mol. The van der Waals surface area contributed by atoms with Crippen molar-refractivity contribution < 1.29 is 9.50 Å². The van der Waals surface area contributed by atoms with Gasteiger partial charge in [-0.1, -0.05) is 12.1 Å². The quantitative estimate of drug-likeness (QED) is 0.476. The molecule has 34 heavy (non-hydrogen) atoms. The molecule has 2 aliphatic rings. The second-order valence-electron chi connectivity index (χ2n) is 9.43. The minimum absolute atomic E-state index is 0.220. The van der Waals surface area contributed by atoms with E-state index in [0.717, 1.165) is 59.7 Å². The van der Waals surface area contributed by atoms with Crippen LogP contribution in [0.2, 0.25) is 0 Å². The Labute approximate surface area is 196 Å². The van der Waals surface area contributed by atoms with E-state index in [2.05, 4.69) is 5.32 Å². The van der Waals surface area contributed by atoms with E-state index in [1.807, 2.05) is 52.7 Å². The zero-order valence-corrected chi connectivity index (χ0v) is 19.2. The third-order valence-electron chi connectivity index (χ3n) is 6.90. The minimum atomic E-state index is -0.828. The molecule has 1 saturated carbocycles. The van der Waals surface area contributed by atoms with E-state index in [1.165, 1.54) is 0 Å². The van der Waals surface area contributed by atoms with Crippen LogP contribution in [0.3, 0.4) is 0 Å². The van der Waals surface area contributed by atoms with Crippen LogP contribution < -0.4 is 10.2 Å².